The molecule has 1 atom stereocenters. The van der Waals surface area contributed by atoms with E-state index in [9.17, 15) is 14.7 Å². The van der Waals surface area contributed by atoms with Gasteiger partial charge in [0, 0.05) is 12.8 Å². The number of aliphatic hydroxyl groups excluding tert-OH is 1. The Kier molecular flexibility index (Phi) is 36.5. The van der Waals surface area contributed by atoms with Crippen molar-refractivity contribution in [2.75, 3.05) is 13.2 Å². The number of hydrogen-bond donors (Lipinski definition) is 1. The Morgan fingerprint density at radius 3 is 1.17 bits per heavy atom. The van der Waals surface area contributed by atoms with Crippen LogP contribution in [0.3, 0.4) is 0 Å². The molecular weight excluding hydrogens is 572 g/mol. The summed E-state index contributed by atoms with van der Waals surface area (Å²) in [5.41, 5.74) is 0. The zero-order valence-electron chi connectivity index (χ0n) is 30.6. The summed E-state index contributed by atoms with van der Waals surface area (Å²) in [6, 6.07) is 0. The van der Waals surface area contributed by atoms with Gasteiger partial charge in [-0.3, -0.25) is 9.59 Å². The average Bonchev–Trinajstić information content (AvgIpc) is 3.06. The van der Waals surface area contributed by atoms with E-state index in [2.05, 4.69) is 38.2 Å². The van der Waals surface area contributed by atoms with Crippen LogP contribution in [0, 0.1) is 0 Å². The smallest absolute Gasteiger partial charge is 0.306 e. The monoisotopic (exact) mass is 649 g/mol. The number of carbonyl (C=O) groups excluding carboxylic acids is 2. The van der Waals surface area contributed by atoms with Crippen molar-refractivity contribution in [3.8, 4) is 0 Å². The lowest BCUT2D eigenvalue weighted by Crippen LogP contribution is -2.28. The van der Waals surface area contributed by atoms with E-state index in [4.69, 9.17) is 9.47 Å². The molecule has 5 heteroatoms. The highest BCUT2D eigenvalue weighted by atomic mass is 16.6. The highest BCUT2D eigenvalue weighted by Gasteiger charge is 2.16. The van der Waals surface area contributed by atoms with Gasteiger partial charge >= 0.3 is 11.9 Å². The van der Waals surface area contributed by atoms with Crippen LogP contribution in [0.4, 0.5) is 0 Å². The first-order chi connectivity index (χ1) is 22.6. The second-order valence-corrected chi connectivity index (χ2v) is 13.4. The highest BCUT2D eigenvalue weighted by Crippen LogP contribution is 2.13. The molecule has 0 aromatic rings. The molecule has 46 heavy (non-hydrogen) atoms. The van der Waals surface area contributed by atoms with E-state index in [1.165, 1.54) is 135 Å². The van der Waals surface area contributed by atoms with Crippen LogP contribution in [0.15, 0.2) is 24.3 Å². The van der Waals surface area contributed by atoms with Gasteiger partial charge < -0.3 is 14.6 Å². The van der Waals surface area contributed by atoms with Gasteiger partial charge in [0.1, 0.15) is 6.61 Å². The molecule has 0 aliphatic carbocycles. The third-order valence-corrected chi connectivity index (χ3v) is 8.72. The maximum atomic E-state index is 12.2. The molecule has 0 radical (unpaired) electrons. The number of carbonyl (C=O) groups is 2. The molecule has 0 aromatic heterocycles. The zero-order chi connectivity index (χ0) is 33.6. The minimum Gasteiger partial charge on any atom is -0.462 e. The Balaban J connectivity index is 3.55. The second-order valence-electron chi connectivity index (χ2n) is 13.4. The molecule has 0 aliphatic heterocycles. The van der Waals surface area contributed by atoms with Crippen molar-refractivity contribution in [2.45, 2.75) is 213 Å². The number of unbranched alkanes of at least 4 members (excludes halogenated alkanes) is 24. The van der Waals surface area contributed by atoms with E-state index in [1.807, 2.05) is 0 Å². The topological polar surface area (TPSA) is 72.8 Å². The molecular formula is C41H76O5. The zero-order valence-corrected chi connectivity index (χ0v) is 30.6. The van der Waals surface area contributed by atoms with Crippen LogP contribution in [-0.4, -0.2) is 36.4 Å². The average molecular weight is 649 g/mol. The maximum absolute atomic E-state index is 12.2. The van der Waals surface area contributed by atoms with Gasteiger partial charge in [-0.15, -0.1) is 0 Å². The van der Waals surface area contributed by atoms with Gasteiger partial charge in [-0.1, -0.05) is 154 Å². The quantitative estimate of drug-likeness (QED) is 0.0416. The van der Waals surface area contributed by atoms with Crippen molar-refractivity contribution in [2.24, 2.45) is 0 Å². The normalized spacial score (nSPS) is 12.3. The summed E-state index contributed by atoms with van der Waals surface area (Å²) in [5.74, 6) is -0.601. The molecule has 0 saturated carbocycles. The number of hydrogen-bond acceptors (Lipinski definition) is 5. The third-order valence-electron chi connectivity index (χ3n) is 8.72. The Labute approximate surface area is 285 Å². The van der Waals surface area contributed by atoms with E-state index in [-0.39, 0.29) is 25.2 Å². The van der Waals surface area contributed by atoms with E-state index >= 15 is 0 Å². The molecule has 0 bridgehead atoms. The molecule has 0 aromatic carbocycles. The van der Waals surface area contributed by atoms with Gasteiger partial charge in [0.05, 0.1) is 6.61 Å². The first-order valence-corrected chi connectivity index (χ1v) is 19.9. The van der Waals surface area contributed by atoms with Gasteiger partial charge in [-0.2, -0.15) is 0 Å². The Hall–Kier alpha value is -1.62. The molecule has 0 aliphatic rings. The fraction of sp³-hybridized carbons (Fsp3) is 0.854. The second kappa shape index (κ2) is 37.8. The number of rotatable bonds is 36. The molecule has 0 saturated heterocycles. The van der Waals surface area contributed by atoms with Gasteiger partial charge in [-0.05, 0) is 64.2 Å². The Morgan fingerprint density at radius 2 is 0.804 bits per heavy atom. The summed E-state index contributed by atoms with van der Waals surface area (Å²) < 4.78 is 10.6. The molecule has 0 amide bonds. The van der Waals surface area contributed by atoms with Gasteiger partial charge in [-0.25, -0.2) is 0 Å². The van der Waals surface area contributed by atoms with Crippen LogP contribution in [0.1, 0.15) is 206 Å². The summed E-state index contributed by atoms with van der Waals surface area (Å²) in [5, 5.41) is 9.55. The summed E-state index contributed by atoms with van der Waals surface area (Å²) >= 11 is 0. The van der Waals surface area contributed by atoms with Crippen molar-refractivity contribution in [3.63, 3.8) is 0 Å². The number of esters is 2. The summed E-state index contributed by atoms with van der Waals surface area (Å²) in [6.07, 6.45) is 43.8. The summed E-state index contributed by atoms with van der Waals surface area (Å²) in [7, 11) is 0. The third kappa shape index (κ3) is 35.2. The van der Waals surface area contributed by atoms with Crippen LogP contribution < -0.4 is 0 Å². The van der Waals surface area contributed by atoms with Crippen molar-refractivity contribution in [3.05, 3.63) is 24.3 Å². The number of allylic oxidation sites excluding steroid dienone is 4. The van der Waals surface area contributed by atoms with Crippen LogP contribution in [0.5, 0.6) is 0 Å². The van der Waals surface area contributed by atoms with Gasteiger partial charge in [0.2, 0.25) is 0 Å². The summed E-state index contributed by atoms with van der Waals surface area (Å²) in [4.78, 5) is 24.2. The highest BCUT2D eigenvalue weighted by molar-refractivity contribution is 5.70. The van der Waals surface area contributed by atoms with Crippen molar-refractivity contribution in [1.82, 2.24) is 0 Å². The van der Waals surface area contributed by atoms with Crippen LogP contribution >= 0.6 is 0 Å². The fourth-order valence-corrected chi connectivity index (χ4v) is 5.66. The van der Waals surface area contributed by atoms with E-state index in [1.54, 1.807) is 0 Å². The fourth-order valence-electron chi connectivity index (χ4n) is 5.66. The summed E-state index contributed by atoms with van der Waals surface area (Å²) in [6.45, 7) is 4.12. The van der Waals surface area contributed by atoms with Crippen molar-refractivity contribution < 1.29 is 24.2 Å². The molecule has 0 rings (SSSR count). The van der Waals surface area contributed by atoms with E-state index in [0.29, 0.717) is 12.8 Å². The SMILES string of the molecule is CCCCCCC/C=C\CCCCCCCC(=O)OCC(CO)OC(=O)CCCCCCCCC/C=C\CCCCCCCCC. The Bertz CT molecular complexity index is 701. The minimum atomic E-state index is -0.773. The van der Waals surface area contributed by atoms with Gasteiger partial charge in [0.25, 0.3) is 0 Å². The van der Waals surface area contributed by atoms with E-state index in [0.717, 1.165) is 44.9 Å². The van der Waals surface area contributed by atoms with E-state index < -0.39 is 6.10 Å². The molecule has 270 valence electrons. The largest absolute Gasteiger partial charge is 0.462 e. The van der Waals surface area contributed by atoms with Crippen LogP contribution in [0.25, 0.3) is 0 Å². The number of aliphatic hydroxyl groups is 1. The molecule has 0 spiro atoms. The predicted molar refractivity (Wildman–Crippen MR) is 196 cm³/mol. The lowest BCUT2D eigenvalue weighted by molar-refractivity contribution is -0.161. The Morgan fingerprint density at radius 1 is 0.478 bits per heavy atom. The predicted octanol–water partition coefficient (Wildman–Crippen LogP) is 12.3. The first kappa shape index (κ1) is 44.4. The first-order valence-electron chi connectivity index (χ1n) is 19.9. The molecule has 1 N–H and O–H groups in total. The standard InChI is InChI=1S/C41H76O5/c1-3-5-7-9-11-13-15-17-19-20-21-22-24-26-28-30-32-34-36-41(44)46-39(37-42)38-45-40(43)35-33-31-29-27-25-23-18-16-14-12-10-8-6-4-2/h16,18-20,39,42H,3-15,17,21-38H2,1-2H3/b18-16-,20-19-. The lowest BCUT2D eigenvalue weighted by atomic mass is 10.1. The molecule has 0 heterocycles. The van der Waals surface area contributed by atoms with Gasteiger partial charge in [0.15, 0.2) is 6.10 Å². The lowest BCUT2D eigenvalue weighted by Gasteiger charge is -2.15. The minimum absolute atomic E-state index is 0.0691. The van der Waals surface area contributed by atoms with Crippen LogP contribution in [0.2, 0.25) is 0 Å². The molecule has 0 fully saturated rings. The molecule has 5 nitrogen and oxygen atoms in total. The molecule has 1 unspecified atom stereocenters. The van der Waals surface area contributed by atoms with Crippen LogP contribution in [-0.2, 0) is 19.1 Å². The van der Waals surface area contributed by atoms with Crippen molar-refractivity contribution in [1.29, 1.82) is 0 Å². The maximum Gasteiger partial charge on any atom is 0.306 e. The van der Waals surface area contributed by atoms with Crippen molar-refractivity contribution >= 4 is 11.9 Å². The number of ether oxygens (including phenoxy) is 2.